The van der Waals surface area contributed by atoms with E-state index in [0.717, 1.165) is 94.7 Å². The van der Waals surface area contributed by atoms with E-state index in [1.807, 2.05) is 0 Å². The SMILES string of the molecule is COC(=O)c1scnc1SCCC(F)(F)c1ccc(F)cc1.O=C(O)c1scnc1SCCC(F)(F)c1ccc(F)cc1. The van der Waals surface area contributed by atoms with Crippen molar-refractivity contribution < 1.29 is 45.8 Å². The Labute approximate surface area is 258 Å². The monoisotopic (exact) mass is 680 g/mol. The molecule has 0 spiro atoms. The van der Waals surface area contributed by atoms with Crippen LogP contribution in [0.15, 0.2) is 69.6 Å². The van der Waals surface area contributed by atoms with Crippen LogP contribution in [-0.2, 0) is 16.6 Å². The molecule has 4 rings (SSSR count). The van der Waals surface area contributed by atoms with Crippen LogP contribution in [0.2, 0.25) is 0 Å². The Morgan fingerprint density at radius 1 is 0.767 bits per heavy atom. The third-order valence-corrected chi connectivity index (χ3v) is 9.34. The molecule has 0 aliphatic heterocycles. The van der Waals surface area contributed by atoms with Gasteiger partial charge in [-0.05, 0) is 24.3 Å². The second-order valence-electron chi connectivity index (χ2n) is 8.39. The van der Waals surface area contributed by atoms with Crippen molar-refractivity contribution in [2.45, 2.75) is 34.7 Å². The molecule has 43 heavy (non-hydrogen) atoms. The van der Waals surface area contributed by atoms with Gasteiger partial charge in [0.2, 0.25) is 0 Å². The highest BCUT2D eigenvalue weighted by molar-refractivity contribution is 7.99. The lowest BCUT2D eigenvalue weighted by atomic mass is 10.1. The van der Waals surface area contributed by atoms with Crippen molar-refractivity contribution in [3.05, 3.63) is 92.1 Å². The molecule has 2 heterocycles. The molecule has 2 aromatic carbocycles. The number of esters is 1. The van der Waals surface area contributed by atoms with E-state index in [2.05, 4.69) is 14.7 Å². The van der Waals surface area contributed by atoms with E-state index < -0.39 is 48.3 Å². The number of aromatic nitrogens is 2. The van der Waals surface area contributed by atoms with Crippen LogP contribution in [0.5, 0.6) is 0 Å². The van der Waals surface area contributed by atoms with E-state index in [0.29, 0.717) is 9.90 Å². The fraction of sp³-hybridized carbons (Fsp3) is 0.259. The fourth-order valence-corrected chi connectivity index (χ4v) is 6.96. The number of carbonyl (C=O) groups is 2. The van der Waals surface area contributed by atoms with Gasteiger partial charge in [-0.25, -0.2) is 45.9 Å². The molecule has 0 amide bonds. The lowest BCUT2D eigenvalue weighted by molar-refractivity contribution is -0.00763. The summed E-state index contributed by atoms with van der Waals surface area (Å²) in [6.07, 6.45) is -0.929. The summed E-state index contributed by atoms with van der Waals surface area (Å²) >= 11 is 4.09. The maximum absolute atomic E-state index is 14.0. The van der Waals surface area contributed by atoms with Crippen LogP contribution in [-0.4, -0.2) is 45.6 Å². The standard InChI is InChI=1S/C14H12F3NO2S2.C13H10F3NO2S2/c1-20-13(19)11-12(18-8-22-11)21-7-6-14(16,17)9-2-4-10(15)5-3-9;14-9-3-1-8(2-4-9)13(15,16)5-6-20-11-10(12(18)19)21-7-17-11/h2-5,8H,6-7H2,1H3;1-4,7H,5-6H2,(H,18,19). The lowest BCUT2D eigenvalue weighted by Gasteiger charge is -2.16. The van der Waals surface area contributed by atoms with Gasteiger partial charge < -0.3 is 9.84 Å². The second kappa shape index (κ2) is 15.6. The van der Waals surface area contributed by atoms with Gasteiger partial charge in [0.1, 0.15) is 31.4 Å². The summed E-state index contributed by atoms with van der Waals surface area (Å²) in [6.45, 7) is 0. The average Bonchev–Trinajstić information content (AvgIpc) is 3.63. The number of carboxylic acids is 1. The Bertz CT molecular complexity index is 1500. The van der Waals surface area contributed by atoms with E-state index in [-0.39, 0.29) is 32.5 Å². The van der Waals surface area contributed by atoms with Crippen LogP contribution >= 0.6 is 46.2 Å². The van der Waals surface area contributed by atoms with Crippen molar-refractivity contribution in [1.29, 1.82) is 0 Å². The number of hydrogen-bond acceptors (Lipinski definition) is 9. The van der Waals surface area contributed by atoms with E-state index in [1.165, 1.54) is 18.1 Å². The lowest BCUT2D eigenvalue weighted by Crippen LogP contribution is -2.14. The largest absolute Gasteiger partial charge is 0.477 e. The first-order chi connectivity index (χ1) is 20.3. The number of halogens is 6. The fourth-order valence-electron chi connectivity index (χ4n) is 3.28. The van der Waals surface area contributed by atoms with Crippen LogP contribution in [0.1, 0.15) is 43.3 Å². The normalized spacial score (nSPS) is 11.5. The maximum Gasteiger partial charge on any atom is 0.350 e. The van der Waals surface area contributed by atoms with Crippen molar-refractivity contribution in [2.75, 3.05) is 18.6 Å². The number of thiazole rings is 2. The van der Waals surface area contributed by atoms with Gasteiger partial charge in [0.15, 0.2) is 0 Å². The summed E-state index contributed by atoms with van der Waals surface area (Å²) in [5, 5.41) is 9.51. The second-order valence-corrected chi connectivity index (χ2v) is 12.3. The Hall–Kier alpha value is -3.08. The summed E-state index contributed by atoms with van der Waals surface area (Å²) < 4.78 is 85.9. The number of benzene rings is 2. The minimum Gasteiger partial charge on any atom is -0.477 e. The number of alkyl halides is 4. The molecule has 0 radical (unpaired) electrons. The highest BCUT2D eigenvalue weighted by Crippen LogP contribution is 2.36. The molecule has 230 valence electrons. The van der Waals surface area contributed by atoms with Gasteiger partial charge in [-0.3, -0.25) is 0 Å². The molecule has 2 aromatic heterocycles. The third kappa shape index (κ3) is 9.98. The molecule has 0 saturated carbocycles. The molecule has 0 fully saturated rings. The number of rotatable bonds is 12. The van der Waals surface area contributed by atoms with Crippen molar-refractivity contribution in [1.82, 2.24) is 9.97 Å². The number of carboxylic acid groups (broad SMARTS) is 1. The van der Waals surface area contributed by atoms with Gasteiger partial charge in [0.25, 0.3) is 11.8 Å². The molecule has 0 unspecified atom stereocenters. The smallest absolute Gasteiger partial charge is 0.350 e. The van der Waals surface area contributed by atoms with Crippen LogP contribution < -0.4 is 0 Å². The van der Waals surface area contributed by atoms with Crippen molar-refractivity contribution in [3.63, 3.8) is 0 Å². The van der Waals surface area contributed by atoms with E-state index in [1.54, 1.807) is 0 Å². The minimum atomic E-state index is -3.10. The van der Waals surface area contributed by atoms with Gasteiger partial charge in [-0.2, -0.15) is 0 Å². The number of aromatic carboxylic acids is 1. The average molecular weight is 681 g/mol. The molecule has 0 saturated heterocycles. The van der Waals surface area contributed by atoms with E-state index >= 15 is 0 Å². The number of methoxy groups -OCH3 is 1. The molecule has 0 aliphatic rings. The highest BCUT2D eigenvalue weighted by Gasteiger charge is 2.32. The Kier molecular flexibility index (Phi) is 12.5. The first-order valence-corrected chi connectivity index (χ1v) is 15.8. The number of ether oxygens (including phenoxy) is 1. The first-order valence-electron chi connectivity index (χ1n) is 12.1. The molecule has 4 aromatic rings. The third-order valence-electron chi connectivity index (χ3n) is 5.48. The summed E-state index contributed by atoms with van der Waals surface area (Å²) in [6, 6.07) is 8.22. The Balaban J connectivity index is 0.000000236. The summed E-state index contributed by atoms with van der Waals surface area (Å²) in [7, 11) is 1.25. The van der Waals surface area contributed by atoms with Crippen molar-refractivity contribution >= 4 is 58.1 Å². The minimum absolute atomic E-state index is 0.00832. The van der Waals surface area contributed by atoms with E-state index in [9.17, 15) is 35.9 Å². The molecule has 16 heteroatoms. The topological polar surface area (TPSA) is 89.4 Å². The van der Waals surface area contributed by atoms with Gasteiger partial charge in [0.05, 0.1) is 18.1 Å². The van der Waals surface area contributed by atoms with Crippen LogP contribution in [0.25, 0.3) is 0 Å². The predicted octanol–water partition coefficient (Wildman–Crippen LogP) is 8.60. The number of hydrogen-bond donors (Lipinski definition) is 1. The molecule has 0 bridgehead atoms. The zero-order chi connectivity index (χ0) is 31.6. The number of thioether (sulfide) groups is 2. The zero-order valence-corrected chi connectivity index (χ0v) is 25.3. The van der Waals surface area contributed by atoms with E-state index in [4.69, 9.17) is 5.11 Å². The molecular formula is C27H22F6N2O4S4. The number of nitrogens with zero attached hydrogens (tertiary/aromatic N) is 2. The Morgan fingerprint density at radius 3 is 1.56 bits per heavy atom. The number of carbonyl (C=O) groups excluding carboxylic acids is 1. The predicted molar refractivity (Wildman–Crippen MR) is 154 cm³/mol. The summed E-state index contributed by atoms with van der Waals surface area (Å²) in [5.74, 6) is -8.87. The molecule has 6 nitrogen and oxygen atoms in total. The van der Waals surface area contributed by atoms with Crippen LogP contribution in [0, 0.1) is 11.6 Å². The maximum atomic E-state index is 14.0. The van der Waals surface area contributed by atoms with Crippen LogP contribution in [0.4, 0.5) is 26.3 Å². The zero-order valence-electron chi connectivity index (χ0n) is 22.1. The molecule has 1 N–H and O–H groups in total. The summed E-state index contributed by atoms with van der Waals surface area (Å²) in [5.41, 5.74) is 2.33. The Morgan fingerprint density at radius 2 is 1.16 bits per heavy atom. The van der Waals surface area contributed by atoms with Crippen LogP contribution in [0.3, 0.4) is 0 Å². The first kappa shape index (κ1) is 34.4. The molecule has 0 aliphatic carbocycles. The van der Waals surface area contributed by atoms with Crippen molar-refractivity contribution in [3.8, 4) is 0 Å². The van der Waals surface area contributed by atoms with Gasteiger partial charge in [0, 0.05) is 35.5 Å². The van der Waals surface area contributed by atoms with Crippen molar-refractivity contribution in [2.24, 2.45) is 0 Å². The van der Waals surface area contributed by atoms with Gasteiger partial charge in [-0.15, -0.1) is 46.2 Å². The van der Waals surface area contributed by atoms with Gasteiger partial charge >= 0.3 is 11.9 Å². The quantitative estimate of drug-likeness (QED) is 0.0905. The van der Waals surface area contributed by atoms with Gasteiger partial charge in [-0.1, -0.05) is 24.3 Å². The molecule has 0 atom stereocenters. The molecular weight excluding hydrogens is 659 g/mol. The highest BCUT2D eigenvalue weighted by atomic mass is 32.2. The summed E-state index contributed by atoms with van der Waals surface area (Å²) in [4.78, 5) is 30.5.